The molecule has 9 rings (SSSR count). The van der Waals surface area contributed by atoms with Crippen LogP contribution in [-0.2, 0) is 0 Å². The van der Waals surface area contributed by atoms with Crippen LogP contribution in [0.2, 0.25) is 0 Å². The van der Waals surface area contributed by atoms with Gasteiger partial charge < -0.3 is 9.47 Å². The lowest BCUT2D eigenvalue weighted by atomic mass is 9.78. The van der Waals surface area contributed by atoms with Crippen LogP contribution in [0.15, 0.2) is 162 Å². The highest BCUT2D eigenvalue weighted by atomic mass is 15.2. The summed E-state index contributed by atoms with van der Waals surface area (Å²) >= 11 is 0. The molecule has 1 aromatic heterocycles. The summed E-state index contributed by atoms with van der Waals surface area (Å²) < 4.78 is 2.30. The first-order chi connectivity index (χ1) is 24.7. The number of benzene rings is 4. The average molecular weight is 642 g/mol. The van der Waals surface area contributed by atoms with Gasteiger partial charge in [-0.25, -0.2) is 0 Å². The van der Waals surface area contributed by atoms with Gasteiger partial charge in [0.2, 0.25) is 0 Å². The molecule has 0 saturated heterocycles. The second-order valence-corrected chi connectivity index (χ2v) is 13.3. The minimum absolute atomic E-state index is 0.0160. The van der Waals surface area contributed by atoms with Crippen molar-refractivity contribution in [2.24, 2.45) is 5.92 Å². The number of hydrogen-bond donors (Lipinski definition) is 0. The molecule has 5 aromatic rings. The van der Waals surface area contributed by atoms with E-state index in [0.717, 1.165) is 51.9 Å². The summed E-state index contributed by atoms with van der Waals surface area (Å²) in [6.07, 6.45) is 18.4. The van der Waals surface area contributed by atoms with Gasteiger partial charge in [-0.15, -0.1) is 0 Å². The van der Waals surface area contributed by atoms with Crippen LogP contribution in [0.4, 0.5) is 0 Å². The van der Waals surface area contributed by atoms with Crippen molar-refractivity contribution in [1.29, 1.82) is 15.8 Å². The lowest BCUT2D eigenvalue weighted by Gasteiger charge is -2.42. The van der Waals surface area contributed by atoms with E-state index in [9.17, 15) is 15.8 Å². The largest absolute Gasteiger partial charge is 0.355 e. The third kappa shape index (κ3) is 4.43. The Labute approximate surface area is 291 Å². The van der Waals surface area contributed by atoms with E-state index in [-0.39, 0.29) is 23.9 Å². The summed E-state index contributed by atoms with van der Waals surface area (Å²) in [4.78, 5) is 2.38. The van der Waals surface area contributed by atoms with Crippen LogP contribution in [0.5, 0.6) is 0 Å². The molecule has 0 amide bonds. The maximum absolute atomic E-state index is 10.8. The Hall–Kier alpha value is -6.61. The topological polar surface area (TPSA) is 79.5 Å². The number of fused-ring (bicyclic) bond motifs is 5. The molecule has 0 N–H and O–H groups in total. The fourth-order valence-electron chi connectivity index (χ4n) is 8.65. The second-order valence-electron chi connectivity index (χ2n) is 13.3. The van der Waals surface area contributed by atoms with Gasteiger partial charge in [-0.05, 0) is 77.6 Å². The van der Waals surface area contributed by atoms with Gasteiger partial charge >= 0.3 is 0 Å². The molecule has 236 valence electrons. The number of nitriles is 3. The van der Waals surface area contributed by atoms with Gasteiger partial charge in [-0.1, -0.05) is 97.1 Å². The van der Waals surface area contributed by atoms with Crippen molar-refractivity contribution >= 4 is 21.8 Å². The standard InChI is InChI=1S/C45H31N5/c46-26-29-19-24-44-39(25-29)37-12-3-6-18-43(37)50(44)45-31(27-47)9-7-15-38(45)34-14-8-13-33(40(34)28-48)30-20-22-32(23-21-30)49-41-16-4-1-10-35(41)36-11-2-5-17-42(36)49/h1-2,4-11,13-25,38-39,44-45H,3,12H2. The lowest BCUT2D eigenvalue weighted by Crippen LogP contribution is -2.45. The lowest BCUT2D eigenvalue weighted by molar-refractivity contribution is 0.236. The zero-order valence-corrected chi connectivity index (χ0v) is 27.2. The number of para-hydroxylation sites is 2. The molecule has 5 nitrogen and oxygen atoms in total. The quantitative estimate of drug-likeness (QED) is 0.196. The van der Waals surface area contributed by atoms with E-state index in [1.165, 1.54) is 16.3 Å². The first-order valence-corrected chi connectivity index (χ1v) is 17.1. The molecule has 0 bridgehead atoms. The van der Waals surface area contributed by atoms with Crippen LogP contribution >= 0.6 is 0 Å². The second kappa shape index (κ2) is 11.8. The summed E-state index contributed by atoms with van der Waals surface area (Å²) in [5.74, 6) is -0.158. The normalized spacial score (nSPS) is 22.1. The summed E-state index contributed by atoms with van der Waals surface area (Å²) in [7, 11) is 0. The van der Waals surface area contributed by atoms with Crippen molar-refractivity contribution in [1.82, 2.24) is 9.47 Å². The van der Waals surface area contributed by atoms with Gasteiger partial charge in [-0.2, -0.15) is 15.8 Å². The smallest absolute Gasteiger partial charge is 0.100 e. The van der Waals surface area contributed by atoms with Crippen LogP contribution in [0.1, 0.15) is 29.9 Å². The van der Waals surface area contributed by atoms with Crippen LogP contribution in [0.3, 0.4) is 0 Å². The molecule has 50 heavy (non-hydrogen) atoms. The number of nitrogens with zero attached hydrogens (tertiary/aromatic N) is 5. The number of allylic oxidation sites excluding steroid dienone is 6. The summed E-state index contributed by atoms with van der Waals surface area (Å²) in [6, 6.07) is 38.6. The summed E-state index contributed by atoms with van der Waals surface area (Å²) in [5.41, 5.74) is 10.5. The summed E-state index contributed by atoms with van der Waals surface area (Å²) in [5, 5.41) is 33.4. The van der Waals surface area contributed by atoms with Crippen LogP contribution in [0, 0.1) is 39.9 Å². The number of hydrogen-bond acceptors (Lipinski definition) is 4. The molecule has 0 fully saturated rings. The molecule has 4 unspecified atom stereocenters. The third-order valence-corrected chi connectivity index (χ3v) is 10.8. The van der Waals surface area contributed by atoms with Crippen LogP contribution < -0.4 is 0 Å². The molecular weight excluding hydrogens is 611 g/mol. The molecular formula is C45H31N5. The highest BCUT2D eigenvalue weighted by Crippen LogP contribution is 2.49. The predicted molar refractivity (Wildman–Crippen MR) is 198 cm³/mol. The maximum Gasteiger partial charge on any atom is 0.100 e. The van der Waals surface area contributed by atoms with Gasteiger partial charge in [0.05, 0.1) is 46.4 Å². The van der Waals surface area contributed by atoms with Crippen LogP contribution in [-0.4, -0.2) is 21.6 Å². The van der Waals surface area contributed by atoms with Crippen molar-refractivity contribution < 1.29 is 0 Å². The van der Waals surface area contributed by atoms with Gasteiger partial charge in [0, 0.05) is 39.6 Å². The van der Waals surface area contributed by atoms with E-state index in [1.54, 1.807) is 0 Å². The van der Waals surface area contributed by atoms with E-state index >= 15 is 0 Å². The number of aromatic nitrogens is 1. The van der Waals surface area contributed by atoms with Crippen LogP contribution in [0.25, 0.3) is 38.6 Å². The van der Waals surface area contributed by atoms with Crippen molar-refractivity contribution in [3.05, 3.63) is 173 Å². The Morgan fingerprint density at radius 1 is 0.700 bits per heavy atom. The molecule has 0 saturated carbocycles. The van der Waals surface area contributed by atoms with Gasteiger partial charge in [0.25, 0.3) is 0 Å². The fraction of sp³-hybridized carbons (Fsp3) is 0.133. The minimum atomic E-state index is -0.311. The SMILES string of the molecule is N#CC1=CC2C3=C(C=CCC3)N(C3C(C#N)=CC=CC3c3cccc(-c4ccc(-n5c6ccccc6c6ccccc65)cc4)c3C#N)C2C=C1. The van der Waals surface area contributed by atoms with Crippen molar-refractivity contribution in [2.45, 2.75) is 30.8 Å². The summed E-state index contributed by atoms with van der Waals surface area (Å²) in [6.45, 7) is 0. The minimum Gasteiger partial charge on any atom is -0.355 e. The predicted octanol–water partition coefficient (Wildman–Crippen LogP) is 9.72. The Balaban J connectivity index is 1.13. The molecule has 1 aliphatic heterocycles. The first kappa shape index (κ1) is 29.5. The van der Waals surface area contributed by atoms with E-state index in [1.807, 2.05) is 36.4 Å². The highest BCUT2D eigenvalue weighted by Gasteiger charge is 2.46. The van der Waals surface area contributed by atoms with Crippen molar-refractivity contribution in [3.63, 3.8) is 0 Å². The Morgan fingerprint density at radius 2 is 1.46 bits per heavy atom. The molecule has 2 heterocycles. The average Bonchev–Trinajstić information content (AvgIpc) is 3.69. The van der Waals surface area contributed by atoms with Gasteiger partial charge in [0.1, 0.15) is 6.07 Å². The Bertz CT molecular complexity index is 2500. The van der Waals surface area contributed by atoms with E-state index < -0.39 is 0 Å². The molecule has 0 radical (unpaired) electrons. The van der Waals surface area contributed by atoms with Gasteiger partial charge in [0.15, 0.2) is 0 Å². The molecule has 5 heteroatoms. The van der Waals surface area contributed by atoms with Crippen molar-refractivity contribution in [3.8, 4) is 35.0 Å². The molecule has 4 aliphatic rings. The monoisotopic (exact) mass is 641 g/mol. The molecule has 3 aliphatic carbocycles. The molecule has 4 atom stereocenters. The zero-order chi connectivity index (χ0) is 33.8. The van der Waals surface area contributed by atoms with E-state index in [2.05, 4.69) is 131 Å². The third-order valence-electron chi connectivity index (χ3n) is 10.8. The fourth-order valence-corrected chi connectivity index (χ4v) is 8.65. The Morgan fingerprint density at radius 3 is 2.18 bits per heavy atom. The first-order valence-electron chi connectivity index (χ1n) is 17.1. The van der Waals surface area contributed by atoms with Crippen molar-refractivity contribution in [2.75, 3.05) is 0 Å². The zero-order valence-electron chi connectivity index (χ0n) is 27.2. The van der Waals surface area contributed by atoms with Gasteiger partial charge in [-0.3, -0.25) is 0 Å². The van der Waals surface area contributed by atoms with E-state index in [4.69, 9.17) is 0 Å². The molecule has 4 aromatic carbocycles. The maximum atomic E-state index is 10.8. The van der Waals surface area contributed by atoms with E-state index in [0.29, 0.717) is 16.7 Å². The Kier molecular flexibility index (Phi) is 6.98. The highest BCUT2D eigenvalue weighted by molar-refractivity contribution is 6.09. The molecule has 0 spiro atoms. The number of rotatable bonds is 4.